The number of aliphatic carboxylic acids is 1. The quantitative estimate of drug-likeness (QED) is 0.775. The molecule has 0 atom stereocenters. The monoisotopic (exact) mass is 294 g/mol. The molecule has 0 aliphatic heterocycles. The summed E-state index contributed by atoms with van der Waals surface area (Å²) in [5.41, 5.74) is 1.69. The molecule has 4 heteroatoms. The van der Waals surface area contributed by atoms with Gasteiger partial charge in [-0.1, -0.05) is 36.4 Å². The lowest BCUT2D eigenvalue weighted by molar-refractivity contribution is -0.137. The zero-order valence-electron chi connectivity index (χ0n) is 12.2. The van der Waals surface area contributed by atoms with Gasteiger partial charge in [-0.15, -0.1) is 0 Å². The standard InChI is InChI=1S/C18H18N2O2/c21-18(22)12-11-15(13-19-16-7-3-1-4-8-16)14-20-17-9-5-2-6-10-17/h1-10,13-15H,11-12H2,(H,21,22). The van der Waals surface area contributed by atoms with Gasteiger partial charge in [0.2, 0.25) is 0 Å². The van der Waals surface area contributed by atoms with E-state index in [-0.39, 0.29) is 12.3 Å². The van der Waals surface area contributed by atoms with E-state index in [0.717, 1.165) is 11.4 Å². The number of aliphatic imine (C=N–C) groups is 2. The number of hydrogen-bond acceptors (Lipinski definition) is 3. The van der Waals surface area contributed by atoms with Crippen molar-refractivity contribution in [3.05, 3.63) is 60.7 Å². The molecule has 0 fully saturated rings. The van der Waals surface area contributed by atoms with E-state index in [1.807, 2.05) is 60.7 Å². The average molecular weight is 294 g/mol. The molecule has 0 bridgehead atoms. The summed E-state index contributed by atoms with van der Waals surface area (Å²) in [4.78, 5) is 19.5. The fraction of sp³-hybridized carbons (Fsp3) is 0.167. The first-order valence-electron chi connectivity index (χ1n) is 7.14. The summed E-state index contributed by atoms with van der Waals surface area (Å²) in [6.07, 6.45) is 4.07. The van der Waals surface area contributed by atoms with Crippen molar-refractivity contribution in [1.82, 2.24) is 0 Å². The molecule has 2 aromatic carbocycles. The topological polar surface area (TPSA) is 62.0 Å². The molecular formula is C18H18N2O2. The molecule has 2 rings (SSSR count). The highest BCUT2D eigenvalue weighted by Gasteiger charge is 2.06. The van der Waals surface area contributed by atoms with Gasteiger partial charge in [-0.05, 0) is 30.7 Å². The fourth-order valence-electron chi connectivity index (χ4n) is 1.87. The van der Waals surface area contributed by atoms with Crippen molar-refractivity contribution in [1.29, 1.82) is 0 Å². The van der Waals surface area contributed by atoms with Gasteiger partial charge in [0.05, 0.1) is 11.4 Å². The average Bonchev–Trinajstić information content (AvgIpc) is 2.56. The van der Waals surface area contributed by atoms with Crippen molar-refractivity contribution >= 4 is 29.8 Å². The van der Waals surface area contributed by atoms with Crippen molar-refractivity contribution in [2.75, 3.05) is 0 Å². The van der Waals surface area contributed by atoms with Gasteiger partial charge in [-0.25, -0.2) is 0 Å². The van der Waals surface area contributed by atoms with Gasteiger partial charge < -0.3 is 5.11 Å². The Hall–Kier alpha value is -2.75. The molecule has 22 heavy (non-hydrogen) atoms. The molecule has 0 aliphatic rings. The van der Waals surface area contributed by atoms with Crippen molar-refractivity contribution in [3.63, 3.8) is 0 Å². The van der Waals surface area contributed by atoms with Crippen molar-refractivity contribution in [3.8, 4) is 0 Å². The van der Waals surface area contributed by atoms with E-state index in [1.54, 1.807) is 12.4 Å². The highest BCUT2D eigenvalue weighted by molar-refractivity contribution is 5.86. The molecule has 4 nitrogen and oxygen atoms in total. The van der Waals surface area contributed by atoms with E-state index in [0.29, 0.717) is 6.42 Å². The van der Waals surface area contributed by atoms with Crippen LogP contribution >= 0.6 is 0 Å². The van der Waals surface area contributed by atoms with Crippen LogP contribution in [0.2, 0.25) is 0 Å². The van der Waals surface area contributed by atoms with Gasteiger partial charge in [0.1, 0.15) is 0 Å². The first-order chi connectivity index (χ1) is 10.7. The molecule has 0 unspecified atom stereocenters. The third-order valence-corrected chi connectivity index (χ3v) is 3.03. The van der Waals surface area contributed by atoms with E-state index in [4.69, 9.17) is 5.11 Å². The lowest BCUT2D eigenvalue weighted by Crippen LogP contribution is -2.07. The van der Waals surface area contributed by atoms with Crippen molar-refractivity contribution in [2.24, 2.45) is 15.9 Å². The highest BCUT2D eigenvalue weighted by Crippen LogP contribution is 2.13. The molecule has 0 aliphatic carbocycles. The Morgan fingerprint density at radius 3 is 1.77 bits per heavy atom. The van der Waals surface area contributed by atoms with Gasteiger partial charge in [-0.2, -0.15) is 0 Å². The zero-order valence-corrected chi connectivity index (χ0v) is 12.2. The number of hydrogen-bond donors (Lipinski definition) is 1. The number of carbonyl (C=O) groups is 1. The lowest BCUT2D eigenvalue weighted by Gasteiger charge is -2.04. The Morgan fingerprint density at radius 1 is 0.909 bits per heavy atom. The molecule has 112 valence electrons. The summed E-state index contributed by atoms with van der Waals surface area (Å²) in [6.45, 7) is 0. The van der Waals surface area contributed by atoms with Crippen LogP contribution in [0, 0.1) is 5.92 Å². The van der Waals surface area contributed by atoms with Crippen LogP contribution in [-0.2, 0) is 4.79 Å². The Balaban J connectivity index is 2.07. The normalized spacial score (nSPS) is 12.7. The molecule has 2 aromatic rings. The number of rotatable bonds is 7. The smallest absolute Gasteiger partial charge is 0.303 e. The number of carboxylic acid groups (broad SMARTS) is 1. The van der Waals surface area contributed by atoms with E-state index in [9.17, 15) is 4.79 Å². The van der Waals surface area contributed by atoms with Crippen molar-refractivity contribution in [2.45, 2.75) is 12.8 Å². The Kier molecular flexibility index (Phi) is 6.05. The minimum atomic E-state index is -0.814. The molecule has 0 radical (unpaired) electrons. The van der Waals surface area contributed by atoms with Crippen LogP contribution in [0.25, 0.3) is 0 Å². The fourth-order valence-corrected chi connectivity index (χ4v) is 1.87. The van der Waals surface area contributed by atoms with Crippen LogP contribution in [0.5, 0.6) is 0 Å². The molecule has 0 spiro atoms. The van der Waals surface area contributed by atoms with Gasteiger partial charge in [-0.3, -0.25) is 14.8 Å². The summed E-state index contributed by atoms with van der Waals surface area (Å²) in [5, 5.41) is 8.84. The lowest BCUT2D eigenvalue weighted by atomic mass is 10.1. The minimum Gasteiger partial charge on any atom is -0.481 e. The minimum absolute atomic E-state index is 0.0896. The van der Waals surface area contributed by atoms with E-state index >= 15 is 0 Å². The molecule has 0 heterocycles. The molecular weight excluding hydrogens is 276 g/mol. The molecule has 0 aromatic heterocycles. The van der Waals surface area contributed by atoms with Crippen LogP contribution in [-0.4, -0.2) is 23.5 Å². The Morgan fingerprint density at radius 2 is 1.36 bits per heavy atom. The zero-order chi connectivity index (χ0) is 15.6. The van der Waals surface area contributed by atoms with Crippen LogP contribution in [0.15, 0.2) is 70.6 Å². The predicted octanol–water partition coefficient (Wildman–Crippen LogP) is 4.27. The second-order valence-corrected chi connectivity index (χ2v) is 4.82. The molecule has 0 saturated carbocycles. The van der Waals surface area contributed by atoms with Crippen LogP contribution in [0.4, 0.5) is 11.4 Å². The SMILES string of the molecule is O=C(O)CCC(C=Nc1ccccc1)C=Nc1ccccc1. The maximum atomic E-state index is 10.8. The first kappa shape index (κ1) is 15.6. The summed E-state index contributed by atoms with van der Waals surface area (Å²) in [7, 11) is 0. The number of para-hydroxylation sites is 2. The second-order valence-electron chi connectivity index (χ2n) is 4.82. The van der Waals surface area contributed by atoms with E-state index in [2.05, 4.69) is 9.98 Å². The molecule has 0 saturated heterocycles. The van der Waals surface area contributed by atoms with Gasteiger partial charge in [0.25, 0.3) is 0 Å². The largest absolute Gasteiger partial charge is 0.481 e. The van der Waals surface area contributed by atoms with Crippen molar-refractivity contribution < 1.29 is 9.90 Å². The Bertz CT molecular complexity index is 587. The maximum absolute atomic E-state index is 10.8. The maximum Gasteiger partial charge on any atom is 0.303 e. The van der Waals surface area contributed by atoms with Crippen LogP contribution in [0.1, 0.15) is 12.8 Å². The van der Waals surface area contributed by atoms with Gasteiger partial charge in [0, 0.05) is 24.8 Å². The van der Waals surface area contributed by atoms with Crippen LogP contribution in [0.3, 0.4) is 0 Å². The second kappa shape index (κ2) is 8.52. The van der Waals surface area contributed by atoms with Gasteiger partial charge >= 0.3 is 5.97 Å². The third kappa shape index (κ3) is 5.71. The van der Waals surface area contributed by atoms with Crippen LogP contribution < -0.4 is 0 Å². The molecule has 0 amide bonds. The summed E-state index contributed by atoms with van der Waals surface area (Å²) in [6, 6.07) is 19.1. The summed E-state index contributed by atoms with van der Waals surface area (Å²) >= 11 is 0. The number of benzene rings is 2. The Labute approximate surface area is 129 Å². The highest BCUT2D eigenvalue weighted by atomic mass is 16.4. The van der Waals surface area contributed by atoms with E-state index < -0.39 is 5.97 Å². The molecule has 1 N–H and O–H groups in total. The van der Waals surface area contributed by atoms with E-state index in [1.165, 1.54) is 0 Å². The predicted molar refractivity (Wildman–Crippen MR) is 89.5 cm³/mol. The summed E-state index contributed by atoms with van der Waals surface area (Å²) < 4.78 is 0. The number of carboxylic acids is 1. The first-order valence-corrected chi connectivity index (χ1v) is 7.14. The third-order valence-electron chi connectivity index (χ3n) is 3.03. The van der Waals surface area contributed by atoms with Gasteiger partial charge in [0.15, 0.2) is 0 Å². The number of nitrogens with zero attached hydrogens (tertiary/aromatic N) is 2. The summed E-state index contributed by atoms with van der Waals surface area (Å²) in [5.74, 6) is -0.928.